The van der Waals surface area contributed by atoms with Crippen LogP contribution in [0.3, 0.4) is 0 Å². The molecule has 6 heteroatoms. The number of benzene rings is 2. The minimum atomic E-state index is -0.466. The summed E-state index contributed by atoms with van der Waals surface area (Å²) in [6.45, 7) is 0. The highest BCUT2D eigenvalue weighted by Crippen LogP contribution is 2.28. The summed E-state index contributed by atoms with van der Waals surface area (Å²) in [6, 6.07) is 12.3. The number of rotatable bonds is 4. The Morgan fingerprint density at radius 2 is 1.89 bits per heavy atom. The Kier molecular flexibility index (Phi) is 4.29. The fraction of sp³-hybridized carbons (Fsp3) is 0.0769. The third-order valence-electron chi connectivity index (χ3n) is 2.51. The minimum absolute atomic E-state index is 0.0470. The fourth-order valence-electron chi connectivity index (χ4n) is 1.53. The maximum atomic E-state index is 10.8. The highest BCUT2D eigenvalue weighted by molar-refractivity contribution is 7.98. The van der Waals surface area contributed by atoms with Gasteiger partial charge in [-0.3, -0.25) is 10.1 Å². The maximum absolute atomic E-state index is 10.8. The molecule has 2 aromatic rings. The summed E-state index contributed by atoms with van der Waals surface area (Å²) in [6.07, 6.45) is 0. The number of hydrogen-bond acceptors (Lipinski definition) is 4. The third kappa shape index (κ3) is 3.62. The molecule has 2 aromatic carbocycles. The van der Waals surface area contributed by atoms with E-state index in [1.165, 1.54) is 6.07 Å². The Bertz CT molecular complexity index is 602. The van der Waals surface area contributed by atoms with E-state index in [1.807, 2.05) is 24.3 Å². The van der Waals surface area contributed by atoms with Gasteiger partial charge in [-0.15, -0.1) is 11.8 Å². The molecule has 0 spiro atoms. The van der Waals surface area contributed by atoms with Gasteiger partial charge in [0.25, 0.3) is 5.69 Å². The van der Waals surface area contributed by atoms with E-state index in [0.29, 0.717) is 10.8 Å². The van der Waals surface area contributed by atoms with Crippen molar-refractivity contribution < 1.29 is 4.92 Å². The summed E-state index contributed by atoms with van der Waals surface area (Å²) < 4.78 is 0. The second-order valence-corrected chi connectivity index (χ2v) is 5.38. The van der Waals surface area contributed by atoms with Crippen LogP contribution in [0.4, 0.5) is 11.4 Å². The van der Waals surface area contributed by atoms with Crippen LogP contribution in [-0.2, 0) is 5.75 Å². The third-order valence-corrected chi connectivity index (χ3v) is 3.85. The molecular weight excluding hydrogens is 284 g/mol. The van der Waals surface area contributed by atoms with Gasteiger partial charge in [-0.2, -0.15) is 0 Å². The SMILES string of the molecule is Nc1ccc(CSc2ccc(Cl)cc2)cc1[N+](=O)[O-]. The number of halogens is 1. The Morgan fingerprint density at radius 1 is 1.21 bits per heavy atom. The minimum Gasteiger partial charge on any atom is -0.393 e. The van der Waals surface area contributed by atoms with Crippen molar-refractivity contribution in [1.29, 1.82) is 0 Å². The molecule has 0 fully saturated rings. The standard InChI is InChI=1S/C13H11ClN2O2S/c14-10-2-4-11(5-3-10)19-8-9-1-6-12(15)13(7-9)16(17)18/h1-7H,8,15H2. The average Bonchev–Trinajstić information content (AvgIpc) is 2.39. The molecule has 0 aliphatic carbocycles. The van der Waals surface area contributed by atoms with E-state index in [0.717, 1.165) is 10.5 Å². The Labute approximate surface area is 119 Å². The highest BCUT2D eigenvalue weighted by Gasteiger charge is 2.11. The average molecular weight is 295 g/mol. The molecule has 0 aliphatic heterocycles. The zero-order chi connectivity index (χ0) is 13.8. The molecule has 0 radical (unpaired) electrons. The molecule has 0 unspecified atom stereocenters. The van der Waals surface area contributed by atoms with Crippen LogP contribution < -0.4 is 5.73 Å². The van der Waals surface area contributed by atoms with Crippen LogP contribution in [0.1, 0.15) is 5.56 Å². The van der Waals surface area contributed by atoms with Crippen molar-refractivity contribution in [2.24, 2.45) is 0 Å². The first-order chi connectivity index (χ1) is 9.06. The highest BCUT2D eigenvalue weighted by atomic mass is 35.5. The van der Waals surface area contributed by atoms with Crippen molar-refractivity contribution >= 4 is 34.7 Å². The lowest BCUT2D eigenvalue weighted by molar-refractivity contribution is -0.383. The van der Waals surface area contributed by atoms with Crippen molar-refractivity contribution in [3.8, 4) is 0 Å². The Balaban J connectivity index is 2.09. The van der Waals surface area contributed by atoms with E-state index in [1.54, 1.807) is 23.9 Å². The molecule has 0 bridgehead atoms. The van der Waals surface area contributed by atoms with E-state index in [2.05, 4.69) is 0 Å². The number of anilines is 1. The molecular formula is C13H11ClN2O2S. The number of nitro groups is 1. The number of nitro benzene ring substituents is 1. The second-order valence-electron chi connectivity index (χ2n) is 3.89. The molecule has 0 atom stereocenters. The normalized spacial score (nSPS) is 10.4. The van der Waals surface area contributed by atoms with Crippen LogP contribution >= 0.6 is 23.4 Å². The summed E-state index contributed by atoms with van der Waals surface area (Å²) in [5.74, 6) is 0.642. The first kappa shape index (κ1) is 13.7. The van der Waals surface area contributed by atoms with Crippen LogP contribution in [-0.4, -0.2) is 4.92 Å². The van der Waals surface area contributed by atoms with Crippen LogP contribution in [0.5, 0.6) is 0 Å². The first-order valence-corrected chi connectivity index (χ1v) is 6.84. The van der Waals surface area contributed by atoms with Gasteiger partial charge in [-0.25, -0.2) is 0 Å². The topological polar surface area (TPSA) is 69.2 Å². The number of hydrogen-bond donors (Lipinski definition) is 1. The first-order valence-electron chi connectivity index (χ1n) is 5.47. The molecule has 2 rings (SSSR count). The van der Waals surface area contributed by atoms with Crippen LogP contribution in [0.2, 0.25) is 5.02 Å². The van der Waals surface area contributed by atoms with E-state index in [-0.39, 0.29) is 11.4 Å². The van der Waals surface area contributed by atoms with Crippen molar-refractivity contribution in [3.05, 3.63) is 63.2 Å². The van der Waals surface area contributed by atoms with Crippen LogP contribution in [0, 0.1) is 10.1 Å². The van der Waals surface area contributed by atoms with Crippen LogP contribution in [0.15, 0.2) is 47.4 Å². The van der Waals surface area contributed by atoms with Crippen molar-refractivity contribution in [3.63, 3.8) is 0 Å². The molecule has 2 N–H and O–H groups in total. The summed E-state index contributed by atoms with van der Waals surface area (Å²) in [4.78, 5) is 11.4. The molecule has 0 saturated carbocycles. The van der Waals surface area contributed by atoms with Crippen LogP contribution in [0.25, 0.3) is 0 Å². The van der Waals surface area contributed by atoms with Gasteiger partial charge in [0.1, 0.15) is 5.69 Å². The number of nitrogens with two attached hydrogens (primary N) is 1. The molecule has 0 aliphatic rings. The summed E-state index contributed by atoms with van der Waals surface area (Å²) in [7, 11) is 0. The van der Waals surface area contributed by atoms with Gasteiger partial charge in [-0.05, 0) is 35.9 Å². The van der Waals surface area contributed by atoms with E-state index >= 15 is 0 Å². The zero-order valence-corrected chi connectivity index (χ0v) is 11.4. The van der Waals surface area contributed by atoms with E-state index in [4.69, 9.17) is 17.3 Å². The summed E-state index contributed by atoms with van der Waals surface area (Å²) in [5.41, 5.74) is 6.55. The van der Waals surface area contributed by atoms with Gasteiger partial charge < -0.3 is 5.73 Å². The molecule has 98 valence electrons. The fourth-order valence-corrected chi connectivity index (χ4v) is 2.50. The summed E-state index contributed by atoms with van der Waals surface area (Å²) >= 11 is 7.39. The van der Waals surface area contributed by atoms with Gasteiger partial charge in [0.15, 0.2) is 0 Å². The quantitative estimate of drug-likeness (QED) is 0.398. The van der Waals surface area contributed by atoms with Gasteiger partial charge in [0.2, 0.25) is 0 Å². The largest absolute Gasteiger partial charge is 0.393 e. The Hall–Kier alpha value is -1.72. The van der Waals surface area contributed by atoms with Gasteiger partial charge >= 0.3 is 0 Å². The Morgan fingerprint density at radius 3 is 2.53 bits per heavy atom. The smallest absolute Gasteiger partial charge is 0.292 e. The molecule has 19 heavy (non-hydrogen) atoms. The second kappa shape index (κ2) is 5.95. The number of nitrogens with zero attached hydrogens (tertiary/aromatic N) is 1. The van der Waals surface area contributed by atoms with Crippen molar-refractivity contribution in [1.82, 2.24) is 0 Å². The van der Waals surface area contributed by atoms with Gasteiger partial charge in [0.05, 0.1) is 4.92 Å². The van der Waals surface area contributed by atoms with Crippen molar-refractivity contribution in [2.45, 2.75) is 10.6 Å². The lowest BCUT2D eigenvalue weighted by Gasteiger charge is -2.04. The molecule has 4 nitrogen and oxygen atoms in total. The zero-order valence-electron chi connectivity index (χ0n) is 9.88. The van der Waals surface area contributed by atoms with Crippen molar-refractivity contribution in [2.75, 3.05) is 5.73 Å². The van der Waals surface area contributed by atoms with E-state index < -0.39 is 4.92 Å². The van der Waals surface area contributed by atoms with Gasteiger partial charge in [-0.1, -0.05) is 17.7 Å². The predicted molar refractivity (Wildman–Crippen MR) is 78.5 cm³/mol. The molecule has 0 aromatic heterocycles. The molecule has 0 heterocycles. The number of nitrogen functional groups attached to an aromatic ring is 1. The monoisotopic (exact) mass is 294 g/mol. The summed E-state index contributed by atoms with van der Waals surface area (Å²) in [5, 5.41) is 11.5. The lowest BCUT2D eigenvalue weighted by Crippen LogP contribution is -1.96. The molecule has 0 amide bonds. The maximum Gasteiger partial charge on any atom is 0.292 e. The van der Waals surface area contributed by atoms with Gasteiger partial charge in [0, 0.05) is 21.7 Å². The number of thioether (sulfide) groups is 1. The van der Waals surface area contributed by atoms with E-state index in [9.17, 15) is 10.1 Å². The lowest BCUT2D eigenvalue weighted by atomic mass is 10.2. The predicted octanol–water partition coefficient (Wildman–Crippen LogP) is 4.12. The molecule has 0 saturated heterocycles.